The molecule has 0 aliphatic heterocycles. The summed E-state index contributed by atoms with van der Waals surface area (Å²) in [5.41, 5.74) is 5.62. The maximum absolute atomic E-state index is 4.33. The van der Waals surface area contributed by atoms with Crippen LogP contribution in [0.1, 0.15) is 16.7 Å². The zero-order chi connectivity index (χ0) is 17.1. The first-order chi connectivity index (χ1) is 12.3. The summed E-state index contributed by atoms with van der Waals surface area (Å²) in [5.74, 6) is 0. The monoisotopic (exact) mass is 329 g/mol. The molecule has 5 heteroatoms. The minimum atomic E-state index is 0.722. The van der Waals surface area contributed by atoms with Gasteiger partial charge in [0.25, 0.3) is 0 Å². The molecular formula is C20H19N5. The molecule has 5 nitrogen and oxygen atoms in total. The smallest absolute Gasteiger partial charge is 0.113 e. The van der Waals surface area contributed by atoms with Crippen molar-refractivity contribution in [2.24, 2.45) is 0 Å². The van der Waals surface area contributed by atoms with E-state index in [1.54, 1.807) is 6.20 Å². The standard InChI is InChI=1S/C20H19N5/c1-16-6-8-17(9-7-16)13-25-15-20(22-23-25)19-5-2-4-18(12-19)14-24-11-3-10-21-24/h2-12,15H,13-14H2,1H3. The van der Waals surface area contributed by atoms with E-state index in [1.165, 1.54) is 16.7 Å². The Kier molecular flexibility index (Phi) is 4.12. The lowest BCUT2D eigenvalue weighted by molar-refractivity contribution is 0.649. The van der Waals surface area contributed by atoms with Crippen molar-refractivity contribution in [3.8, 4) is 11.3 Å². The highest BCUT2D eigenvalue weighted by Gasteiger charge is 2.06. The summed E-state index contributed by atoms with van der Waals surface area (Å²) in [5, 5.41) is 12.8. The molecule has 0 fully saturated rings. The van der Waals surface area contributed by atoms with Gasteiger partial charge in [0.15, 0.2) is 0 Å². The molecule has 2 heterocycles. The lowest BCUT2D eigenvalue weighted by atomic mass is 10.1. The van der Waals surface area contributed by atoms with Crippen molar-refractivity contribution in [1.29, 1.82) is 0 Å². The molecule has 2 aromatic heterocycles. The Hall–Kier alpha value is -3.21. The fourth-order valence-corrected chi connectivity index (χ4v) is 2.80. The van der Waals surface area contributed by atoms with Crippen LogP contribution in [0.25, 0.3) is 11.3 Å². The van der Waals surface area contributed by atoms with Crippen molar-refractivity contribution in [3.63, 3.8) is 0 Å². The molecular weight excluding hydrogens is 310 g/mol. The second-order valence-electron chi connectivity index (χ2n) is 6.19. The number of aryl methyl sites for hydroxylation is 1. The zero-order valence-electron chi connectivity index (χ0n) is 14.1. The molecule has 0 saturated carbocycles. The van der Waals surface area contributed by atoms with E-state index >= 15 is 0 Å². The van der Waals surface area contributed by atoms with Crippen molar-refractivity contribution >= 4 is 0 Å². The van der Waals surface area contributed by atoms with Crippen LogP contribution in [0.3, 0.4) is 0 Å². The molecule has 0 spiro atoms. The molecule has 124 valence electrons. The summed E-state index contributed by atoms with van der Waals surface area (Å²) < 4.78 is 3.79. The fourth-order valence-electron chi connectivity index (χ4n) is 2.80. The molecule has 0 aliphatic carbocycles. The van der Waals surface area contributed by atoms with Crippen molar-refractivity contribution in [2.75, 3.05) is 0 Å². The Balaban J connectivity index is 1.52. The third-order valence-corrected chi connectivity index (χ3v) is 4.13. The van der Waals surface area contributed by atoms with E-state index in [2.05, 4.69) is 64.8 Å². The first-order valence-corrected chi connectivity index (χ1v) is 8.29. The quantitative estimate of drug-likeness (QED) is 0.562. The number of rotatable bonds is 5. The number of benzene rings is 2. The van der Waals surface area contributed by atoms with Gasteiger partial charge in [-0.2, -0.15) is 5.10 Å². The molecule has 0 unspecified atom stereocenters. The molecule has 0 bridgehead atoms. The highest BCUT2D eigenvalue weighted by Crippen LogP contribution is 2.18. The lowest BCUT2D eigenvalue weighted by Gasteiger charge is -2.04. The van der Waals surface area contributed by atoms with E-state index in [4.69, 9.17) is 0 Å². The summed E-state index contributed by atoms with van der Waals surface area (Å²) in [6, 6.07) is 18.8. The van der Waals surface area contributed by atoms with Crippen LogP contribution in [-0.4, -0.2) is 24.8 Å². The van der Waals surface area contributed by atoms with Gasteiger partial charge in [0.2, 0.25) is 0 Å². The summed E-state index contributed by atoms with van der Waals surface area (Å²) in [4.78, 5) is 0. The fraction of sp³-hybridized carbons (Fsp3) is 0.150. The van der Waals surface area contributed by atoms with Crippen molar-refractivity contribution < 1.29 is 0 Å². The van der Waals surface area contributed by atoms with Crippen LogP contribution in [0.5, 0.6) is 0 Å². The van der Waals surface area contributed by atoms with Crippen LogP contribution < -0.4 is 0 Å². The van der Waals surface area contributed by atoms with Crippen LogP contribution >= 0.6 is 0 Å². The topological polar surface area (TPSA) is 48.5 Å². The van der Waals surface area contributed by atoms with Crippen LogP contribution in [0.4, 0.5) is 0 Å². The Morgan fingerprint density at radius 3 is 2.52 bits per heavy atom. The SMILES string of the molecule is Cc1ccc(Cn2cc(-c3cccc(Cn4cccn4)c3)nn2)cc1. The third kappa shape index (κ3) is 3.66. The molecule has 0 saturated heterocycles. The molecule has 4 aromatic rings. The minimum Gasteiger partial charge on any atom is -0.268 e. The van der Waals surface area contributed by atoms with E-state index in [-0.39, 0.29) is 0 Å². The largest absolute Gasteiger partial charge is 0.268 e. The first-order valence-electron chi connectivity index (χ1n) is 8.29. The Morgan fingerprint density at radius 1 is 0.880 bits per heavy atom. The number of hydrogen-bond donors (Lipinski definition) is 0. The van der Waals surface area contributed by atoms with Gasteiger partial charge in [0.1, 0.15) is 5.69 Å². The van der Waals surface area contributed by atoms with E-state index in [9.17, 15) is 0 Å². The minimum absolute atomic E-state index is 0.722. The van der Waals surface area contributed by atoms with Crippen LogP contribution in [0.15, 0.2) is 73.2 Å². The molecule has 0 N–H and O–H groups in total. The van der Waals surface area contributed by atoms with Crippen molar-refractivity contribution in [1.82, 2.24) is 24.8 Å². The predicted molar refractivity (Wildman–Crippen MR) is 97.1 cm³/mol. The summed E-state index contributed by atoms with van der Waals surface area (Å²) >= 11 is 0. The maximum atomic E-state index is 4.33. The molecule has 25 heavy (non-hydrogen) atoms. The van der Waals surface area contributed by atoms with Gasteiger partial charge < -0.3 is 0 Å². The second kappa shape index (κ2) is 6.73. The Bertz CT molecular complexity index is 952. The molecule has 0 radical (unpaired) electrons. The zero-order valence-corrected chi connectivity index (χ0v) is 14.1. The first kappa shape index (κ1) is 15.3. The van der Waals surface area contributed by atoms with E-state index in [0.29, 0.717) is 0 Å². The van der Waals surface area contributed by atoms with E-state index in [1.807, 2.05) is 33.9 Å². The van der Waals surface area contributed by atoms with Gasteiger partial charge in [0.05, 0.1) is 19.3 Å². The van der Waals surface area contributed by atoms with Gasteiger partial charge in [-0.1, -0.05) is 53.2 Å². The third-order valence-electron chi connectivity index (χ3n) is 4.13. The van der Waals surface area contributed by atoms with Crippen LogP contribution in [0.2, 0.25) is 0 Å². The normalized spacial score (nSPS) is 10.9. The van der Waals surface area contributed by atoms with Crippen LogP contribution in [-0.2, 0) is 13.1 Å². The van der Waals surface area contributed by atoms with Gasteiger partial charge in [0, 0.05) is 18.0 Å². The molecule has 0 aliphatic rings. The van der Waals surface area contributed by atoms with Gasteiger partial charge >= 0.3 is 0 Å². The summed E-state index contributed by atoms with van der Waals surface area (Å²) in [6.45, 7) is 3.56. The summed E-state index contributed by atoms with van der Waals surface area (Å²) in [6.07, 6.45) is 5.75. The molecule has 4 rings (SSSR count). The van der Waals surface area contributed by atoms with Crippen molar-refractivity contribution in [2.45, 2.75) is 20.0 Å². The molecule has 0 atom stereocenters. The highest BCUT2D eigenvalue weighted by atomic mass is 15.4. The average Bonchev–Trinajstić information content (AvgIpc) is 3.29. The summed E-state index contributed by atoms with van der Waals surface area (Å²) in [7, 11) is 0. The second-order valence-corrected chi connectivity index (χ2v) is 6.19. The lowest BCUT2D eigenvalue weighted by Crippen LogP contribution is -2.00. The maximum Gasteiger partial charge on any atom is 0.113 e. The Labute approximate surface area is 146 Å². The van der Waals surface area contributed by atoms with Crippen LogP contribution in [0, 0.1) is 6.92 Å². The van der Waals surface area contributed by atoms with Gasteiger partial charge in [-0.25, -0.2) is 4.68 Å². The number of aromatic nitrogens is 5. The van der Waals surface area contributed by atoms with Gasteiger partial charge in [-0.15, -0.1) is 5.10 Å². The van der Waals surface area contributed by atoms with Crippen molar-refractivity contribution in [3.05, 3.63) is 89.9 Å². The number of nitrogens with zero attached hydrogens (tertiary/aromatic N) is 5. The van der Waals surface area contributed by atoms with Gasteiger partial charge in [-0.05, 0) is 30.2 Å². The van der Waals surface area contributed by atoms with E-state index in [0.717, 1.165) is 24.3 Å². The molecule has 0 amide bonds. The van der Waals surface area contributed by atoms with Gasteiger partial charge in [-0.3, -0.25) is 4.68 Å². The average molecular weight is 329 g/mol. The Morgan fingerprint density at radius 2 is 1.72 bits per heavy atom. The highest BCUT2D eigenvalue weighted by molar-refractivity contribution is 5.58. The number of hydrogen-bond acceptors (Lipinski definition) is 3. The van der Waals surface area contributed by atoms with E-state index < -0.39 is 0 Å². The predicted octanol–water partition coefficient (Wildman–Crippen LogP) is 3.55. The molecule has 2 aromatic carbocycles.